The van der Waals surface area contributed by atoms with E-state index >= 15 is 0 Å². The zero-order valence-electron chi connectivity index (χ0n) is 18.4. The SMILES string of the molecule is C[C@H]1CC[C@](C)([C@H]2CCCN(c3cnccn3)C2)c2nnc(-c3c(F)cccc3F)cc21. The molecule has 2 aliphatic rings. The maximum atomic E-state index is 14.4. The zero-order valence-corrected chi connectivity index (χ0v) is 18.4. The van der Waals surface area contributed by atoms with E-state index in [1.165, 1.54) is 18.2 Å². The van der Waals surface area contributed by atoms with Crippen LogP contribution in [-0.4, -0.2) is 33.3 Å². The molecule has 5 rings (SSSR count). The van der Waals surface area contributed by atoms with E-state index in [1.807, 2.05) is 12.3 Å². The number of benzene rings is 1. The number of piperidine rings is 1. The molecule has 1 fully saturated rings. The molecule has 3 heterocycles. The molecular formula is C25H27F2N5. The Labute approximate surface area is 186 Å². The summed E-state index contributed by atoms with van der Waals surface area (Å²) in [5.74, 6) is 0.327. The third kappa shape index (κ3) is 3.53. The van der Waals surface area contributed by atoms with Gasteiger partial charge in [0, 0.05) is 30.9 Å². The molecule has 1 aliphatic carbocycles. The normalized spacial score (nSPS) is 25.4. The average molecular weight is 436 g/mol. The number of fused-ring (bicyclic) bond motifs is 1. The first-order valence-corrected chi connectivity index (χ1v) is 11.3. The van der Waals surface area contributed by atoms with Gasteiger partial charge in [-0.25, -0.2) is 13.8 Å². The lowest BCUT2D eigenvalue weighted by atomic mass is 9.62. The lowest BCUT2D eigenvalue weighted by molar-refractivity contribution is 0.206. The van der Waals surface area contributed by atoms with Crippen LogP contribution in [0.25, 0.3) is 11.3 Å². The van der Waals surface area contributed by atoms with Gasteiger partial charge in [0.2, 0.25) is 0 Å². The van der Waals surface area contributed by atoms with Gasteiger partial charge in [0.1, 0.15) is 17.5 Å². The molecule has 0 radical (unpaired) electrons. The number of aromatic nitrogens is 4. The Morgan fingerprint density at radius 2 is 1.91 bits per heavy atom. The fourth-order valence-electron chi connectivity index (χ4n) is 5.44. The minimum Gasteiger partial charge on any atom is -0.355 e. The smallest absolute Gasteiger partial charge is 0.147 e. The van der Waals surface area contributed by atoms with E-state index in [0.717, 1.165) is 55.8 Å². The lowest BCUT2D eigenvalue weighted by Gasteiger charge is -2.46. The Morgan fingerprint density at radius 3 is 2.66 bits per heavy atom. The van der Waals surface area contributed by atoms with Crippen molar-refractivity contribution in [2.45, 2.75) is 50.9 Å². The van der Waals surface area contributed by atoms with Crippen LogP contribution in [0, 0.1) is 17.6 Å². The lowest BCUT2D eigenvalue weighted by Crippen LogP contribution is -2.47. The number of halogens is 2. The first-order valence-electron chi connectivity index (χ1n) is 11.3. The standard InChI is InChI=1S/C25H27F2N5/c1-16-8-9-25(2,17-5-4-12-32(15-17)22-14-28-10-11-29-22)24-18(16)13-21(30-31-24)23-19(26)6-3-7-20(23)27/h3,6-7,10-11,13-14,16-17H,4-5,8-9,12,15H2,1-2H3/t16-,17-,25+/m0/s1. The molecule has 0 unspecified atom stereocenters. The van der Waals surface area contributed by atoms with E-state index in [9.17, 15) is 8.78 Å². The minimum atomic E-state index is -0.614. The molecule has 1 aromatic carbocycles. The van der Waals surface area contributed by atoms with Crippen LogP contribution in [0.3, 0.4) is 0 Å². The summed E-state index contributed by atoms with van der Waals surface area (Å²) in [7, 11) is 0. The first kappa shape index (κ1) is 20.9. The highest BCUT2D eigenvalue weighted by molar-refractivity contribution is 5.62. The van der Waals surface area contributed by atoms with Crippen molar-refractivity contribution < 1.29 is 8.78 Å². The highest BCUT2D eigenvalue weighted by Gasteiger charge is 2.44. The van der Waals surface area contributed by atoms with E-state index in [4.69, 9.17) is 0 Å². The van der Waals surface area contributed by atoms with Crippen LogP contribution < -0.4 is 4.90 Å². The van der Waals surface area contributed by atoms with E-state index < -0.39 is 11.6 Å². The first-order chi connectivity index (χ1) is 15.5. The van der Waals surface area contributed by atoms with Crippen molar-refractivity contribution in [2.75, 3.05) is 18.0 Å². The summed E-state index contributed by atoms with van der Waals surface area (Å²) in [4.78, 5) is 11.0. The number of hydrogen-bond donors (Lipinski definition) is 0. The molecule has 3 atom stereocenters. The van der Waals surface area contributed by atoms with Gasteiger partial charge in [-0.05, 0) is 61.3 Å². The van der Waals surface area contributed by atoms with Gasteiger partial charge >= 0.3 is 0 Å². The van der Waals surface area contributed by atoms with Crippen molar-refractivity contribution in [1.82, 2.24) is 20.2 Å². The van der Waals surface area contributed by atoms with Gasteiger partial charge in [-0.3, -0.25) is 4.98 Å². The fourth-order valence-corrected chi connectivity index (χ4v) is 5.44. The summed E-state index contributed by atoms with van der Waals surface area (Å²) in [5, 5.41) is 8.94. The van der Waals surface area contributed by atoms with Crippen LogP contribution in [-0.2, 0) is 5.41 Å². The summed E-state index contributed by atoms with van der Waals surface area (Å²) in [6, 6.07) is 5.74. The van der Waals surface area contributed by atoms with Gasteiger partial charge in [-0.1, -0.05) is 19.9 Å². The molecule has 0 bridgehead atoms. The van der Waals surface area contributed by atoms with E-state index in [0.29, 0.717) is 5.92 Å². The number of nitrogens with zero attached hydrogens (tertiary/aromatic N) is 5. The number of anilines is 1. The molecule has 0 spiro atoms. The van der Waals surface area contributed by atoms with Crippen molar-refractivity contribution in [3.8, 4) is 11.3 Å². The highest BCUT2D eigenvalue weighted by atomic mass is 19.1. The minimum absolute atomic E-state index is 0.103. The van der Waals surface area contributed by atoms with Crippen molar-refractivity contribution in [3.63, 3.8) is 0 Å². The summed E-state index contributed by atoms with van der Waals surface area (Å²) < 4.78 is 28.8. The molecule has 32 heavy (non-hydrogen) atoms. The Morgan fingerprint density at radius 1 is 1.09 bits per heavy atom. The molecule has 1 saturated heterocycles. The Bertz CT molecular complexity index is 1100. The molecule has 0 amide bonds. The van der Waals surface area contributed by atoms with Gasteiger partial charge in [0.15, 0.2) is 0 Å². The Kier molecular flexibility index (Phi) is 5.35. The fraction of sp³-hybridized carbons (Fsp3) is 0.440. The Balaban J connectivity index is 1.51. The van der Waals surface area contributed by atoms with Crippen LogP contribution in [0.5, 0.6) is 0 Å². The number of hydrogen-bond acceptors (Lipinski definition) is 5. The van der Waals surface area contributed by atoms with Crippen LogP contribution in [0.1, 0.15) is 56.7 Å². The predicted molar refractivity (Wildman–Crippen MR) is 119 cm³/mol. The largest absolute Gasteiger partial charge is 0.355 e. The maximum Gasteiger partial charge on any atom is 0.147 e. The van der Waals surface area contributed by atoms with Gasteiger partial charge < -0.3 is 4.90 Å². The second kappa shape index (κ2) is 8.19. The third-order valence-corrected chi connectivity index (χ3v) is 7.41. The summed E-state index contributed by atoms with van der Waals surface area (Å²) in [5.41, 5.74) is 2.04. The van der Waals surface area contributed by atoms with Gasteiger partial charge in [-0.2, -0.15) is 10.2 Å². The van der Waals surface area contributed by atoms with Crippen LogP contribution in [0.4, 0.5) is 14.6 Å². The molecule has 7 heteroatoms. The third-order valence-electron chi connectivity index (χ3n) is 7.41. The summed E-state index contributed by atoms with van der Waals surface area (Å²) >= 11 is 0. The molecule has 1 aliphatic heterocycles. The quantitative estimate of drug-likeness (QED) is 0.560. The van der Waals surface area contributed by atoms with Gasteiger partial charge in [0.25, 0.3) is 0 Å². The molecule has 2 aromatic heterocycles. The summed E-state index contributed by atoms with van der Waals surface area (Å²) in [6.07, 6.45) is 9.44. The molecule has 0 N–H and O–H groups in total. The van der Waals surface area contributed by atoms with Crippen molar-refractivity contribution in [3.05, 3.63) is 65.7 Å². The predicted octanol–water partition coefficient (Wildman–Crippen LogP) is 5.28. The molecule has 5 nitrogen and oxygen atoms in total. The molecule has 166 valence electrons. The van der Waals surface area contributed by atoms with E-state index in [-0.39, 0.29) is 22.6 Å². The van der Waals surface area contributed by atoms with Gasteiger partial charge in [0.05, 0.1) is 23.1 Å². The van der Waals surface area contributed by atoms with Crippen LogP contribution in [0.2, 0.25) is 0 Å². The Hall–Kier alpha value is -2.96. The molecular weight excluding hydrogens is 408 g/mol. The van der Waals surface area contributed by atoms with Crippen molar-refractivity contribution >= 4 is 5.82 Å². The zero-order chi connectivity index (χ0) is 22.3. The second-order valence-electron chi connectivity index (χ2n) is 9.34. The molecule has 0 saturated carbocycles. The second-order valence-corrected chi connectivity index (χ2v) is 9.34. The number of rotatable bonds is 3. The maximum absolute atomic E-state index is 14.4. The van der Waals surface area contributed by atoms with Crippen molar-refractivity contribution in [1.29, 1.82) is 0 Å². The van der Waals surface area contributed by atoms with Crippen LogP contribution >= 0.6 is 0 Å². The molecule has 3 aromatic rings. The van der Waals surface area contributed by atoms with Crippen LogP contribution in [0.15, 0.2) is 42.9 Å². The van der Waals surface area contributed by atoms with E-state index in [1.54, 1.807) is 12.4 Å². The topological polar surface area (TPSA) is 54.8 Å². The summed E-state index contributed by atoms with van der Waals surface area (Å²) in [6.45, 7) is 6.29. The van der Waals surface area contributed by atoms with Gasteiger partial charge in [-0.15, -0.1) is 0 Å². The highest BCUT2D eigenvalue weighted by Crippen LogP contribution is 2.48. The average Bonchev–Trinajstić information content (AvgIpc) is 2.82. The van der Waals surface area contributed by atoms with Crippen molar-refractivity contribution in [2.24, 2.45) is 5.92 Å². The monoisotopic (exact) mass is 435 g/mol. The van der Waals surface area contributed by atoms with E-state index in [2.05, 4.69) is 38.9 Å².